The van der Waals surface area contributed by atoms with Crippen molar-refractivity contribution in [3.05, 3.63) is 76.7 Å². The van der Waals surface area contributed by atoms with Crippen molar-refractivity contribution in [2.45, 2.75) is 12.7 Å². The summed E-state index contributed by atoms with van der Waals surface area (Å²) < 4.78 is 43.2. The molecule has 136 valence electrons. The Morgan fingerprint density at radius 2 is 1.93 bits per heavy atom. The molecule has 0 N–H and O–H groups in total. The van der Waals surface area contributed by atoms with Crippen molar-refractivity contribution in [2.75, 3.05) is 0 Å². The first kappa shape index (κ1) is 17.0. The van der Waals surface area contributed by atoms with Gasteiger partial charge in [-0.15, -0.1) is 0 Å². The summed E-state index contributed by atoms with van der Waals surface area (Å²) in [5.74, 6) is -1.75. The molecule has 6 nitrogen and oxygen atoms in total. The number of halogens is 3. The van der Waals surface area contributed by atoms with Crippen LogP contribution in [0.4, 0.5) is 13.2 Å². The van der Waals surface area contributed by atoms with Crippen LogP contribution >= 0.6 is 0 Å². The Bertz CT molecular complexity index is 1180. The largest absolute Gasteiger partial charge is 0.471 e. The molecule has 9 heteroatoms. The highest BCUT2D eigenvalue weighted by Crippen LogP contribution is 2.29. The smallest absolute Gasteiger partial charge is 0.329 e. The van der Waals surface area contributed by atoms with Crippen LogP contribution in [0, 0.1) is 0 Å². The number of nitrogens with zero attached hydrogens (tertiary/aromatic N) is 4. The zero-order valence-electron chi connectivity index (χ0n) is 13.6. The maximum absolute atomic E-state index is 12.5. The van der Waals surface area contributed by atoms with Gasteiger partial charge in [0.1, 0.15) is 0 Å². The van der Waals surface area contributed by atoms with Gasteiger partial charge in [-0.05, 0) is 23.8 Å². The predicted molar refractivity (Wildman–Crippen MR) is 89.8 cm³/mol. The molecule has 0 aliphatic carbocycles. The van der Waals surface area contributed by atoms with Crippen molar-refractivity contribution in [1.82, 2.24) is 19.7 Å². The predicted octanol–water partition coefficient (Wildman–Crippen LogP) is 3.51. The van der Waals surface area contributed by atoms with E-state index >= 15 is 0 Å². The maximum Gasteiger partial charge on any atom is 0.471 e. The first-order valence-electron chi connectivity index (χ1n) is 7.85. The molecule has 0 bridgehead atoms. The summed E-state index contributed by atoms with van der Waals surface area (Å²) >= 11 is 0. The van der Waals surface area contributed by atoms with Crippen molar-refractivity contribution in [2.24, 2.45) is 0 Å². The zero-order chi connectivity index (χ0) is 19.0. The second-order valence-corrected chi connectivity index (χ2v) is 5.84. The van der Waals surface area contributed by atoms with Crippen LogP contribution in [-0.4, -0.2) is 19.7 Å². The molecule has 4 aromatic rings. The number of rotatable bonds is 3. The number of para-hydroxylation sites is 1. The van der Waals surface area contributed by atoms with Gasteiger partial charge in [-0.3, -0.25) is 9.78 Å². The fraction of sp³-hybridized carbons (Fsp3) is 0.111. The zero-order valence-corrected chi connectivity index (χ0v) is 13.6. The van der Waals surface area contributed by atoms with Crippen molar-refractivity contribution >= 4 is 10.9 Å². The topological polar surface area (TPSA) is 73.8 Å². The van der Waals surface area contributed by atoms with E-state index in [9.17, 15) is 18.0 Å². The van der Waals surface area contributed by atoms with Crippen molar-refractivity contribution in [3.8, 4) is 11.4 Å². The molecular weight excluding hydrogens is 361 g/mol. The van der Waals surface area contributed by atoms with Gasteiger partial charge < -0.3 is 9.09 Å². The van der Waals surface area contributed by atoms with Crippen molar-refractivity contribution in [3.63, 3.8) is 0 Å². The van der Waals surface area contributed by atoms with Gasteiger partial charge in [-0.1, -0.05) is 23.4 Å². The van der Waals surface area contributed by atoms with E-state index in [4.69, 9.17) is 0 Å². The molecule has 0 aliphatic rings. The van der Waals surface area contributed by atoms with Gasteiger partial charge in [0.05, 0.1) is 12.1 Å². The summed E-state index contributed by atoms with van der Waals surface area (Å²) in [6.45, 7) is 0.275. The summed E-state index contributed by atoms with van der Waals surface area (Å²) in [6, 6.07) is 12.2. The van der Waals surface area contributed by atoms with Gasteiger partial charge in [0.25, 0.3) is 5.56 Å². The highest BCUT2D eigenvalue weighted by molar-refractivity contribution is 5.78. The van der Waals surface area contributed by atoms with E-state index in [0.29, 0.717) is 0 Å². The van der Waals surface area contributed by atoms with E-state index in [0.717, 1.165) is 16.5 Å². The Kier molecular flexibility index (Phi) is 3.98. The average molecular weight is 372 g/mol. The van der Waals surface area contributed by atoms with Gasteiger partial charge in [-0.2, -0.15) is 18.2 Å². The molecule has 0 amide bonds. The molecule has 3 heterocycles. The van der Waals surface area contributed by atoms with E-state index in [1.165, 1.54) is 22.9 Å². The van der Waals surface area contributed by atoms with Crippen LogP contribution in [0.2, 0.25) is 0 Å². The average Bonchev–Trinajstić information content (AvgIpc) is 3.14. The van der Waals surface area contributed by atoms with Crippen LogP contribution in [0.1, 0.15) is 11.5 Å². The minimum Gasteiger partial charge on any atom is -0.329 e. The number of hydrogen-bond acceptors (Lipinski definition) is 5. The summed E-state index contributed by atoms with van der Waals surface area (Å²) in [7, 11) is 0. The fourth-order valence-corrected chi connectivity index (χ4v) is 2.63. The number of fused-ring (bicyclic) bond motifs is 1. The number of pyridine rings is 2. The Morgan fingerprint density at radius 3 is 2.67 bits per heavy atom. The number of aromatic nitrogens is 4. The van der Waals surface area contributed by atoms with E-state index < -0.39 is 17.6 Å². The molecule has 0 unspecified atom stereocenters. The van der Waals surface area contributed by atoms with Crippen LogP contribution in [0.25, 0.3) is 22.3 Å². The fourth-order valence-electron chi connectivity index (χ4n) is 2.63. The van der Waals surface area contributed by atoms with Crippen molar-refractivity contribution < 1.29 is 17.7 Å². The third-order valence-corrected chi connectivity index (χ3v) is 3.92. The summed E-state index contributed by atoms with van der Waals surface area (Å²) in [5.41, 5.74) is 1.41. The third-order valence-electron chi connectivity index (χ3n) is 3.92. The second kappa shape index (κ2) is 6.35. The van der Waals surface area contributed by atoms with Crippen LogP contribution in [-0.2, 0) is 12.7 Å². The van der Waals surface area contributed by atoms with E-state index in [2.05, 4.69) is 19.6 Å². The highest BCUT2D eigenvalue weighted by Gasteiger charge is 2.38. The number of hydrogen-bond donors (Lipinski definition) is 0. The normalized spacial score (nSPS) is 11.8. The lowest BCUT2D eigenvalue weighted by atomic mass is 10.1. The molecule has 0 atom stereocenters. The molecular formula is C18H11F3N4O2. The summed E-state index contributed by atoms with van der Waals surface area (Å²) in [6.07, 6.45) is -1.59. The molecule has 1 aromatic carbocycles. The van der Waals surface area contributed by atoms with Crippen LogP contribution in [0.5, 0.6) is 0 Å². The quantitative estimate of drug-likeness (QED) is 0.550. The van der Waals surface area contributed by atoms with Crippen molar-refractivity contribution in [1.29, 1.82) is 0 Å². The standard InChI is InChI=1S/C18H11F3N4O2/c19-18(20,21)17-23-16(24-27-17)13-5-6-25(15(26)8-13)10-11-7-12-3-1-2-4-14(12)22-9-11/h1-9H,10H2. The first-order valence-corrected chi connectivity index (χ1v) is 7.85. The van der Waals surface area contributed by atoms with Gasteiger partial charge in [0.2, 0.25) is 5.82 Å². The lowest BCUT2D eigenvalue weighted by Crippen LogP contribution is -2.19. The van der Waals surface area contributed by atoms with E-state index in [-0.39, 0.29) is 17.9 Å². The van der Waals surface area contributed by atoms with E-state index in [1.54, 1.807) is 6.20 Å². The minimum atomic E-state index is -4.73. The Balaban J connectivity index is 1.61. The highest BCUT2D eigenvalue weighted by atomic mass is 19.4. The maximum atomic E-state index is 12.5. The van der Waals surface area contributed by atoms with Crippen LogP contribution in [0.15, 0.2) is 64.2 Å². The second-order valence-electron chi connectivity index (χ2n) is 5.84. The van der Waals surface area contributed by atoms with E-state index in [1.807, 2.05) is 30.3 Å². The molecule has 0 saturated carbocycles. The lowest BCUT2D eigenvalue weighted by molar-refractivity contribution is -0.159. The Hall–Kier alpha value is -3.49. The van der Waals surface area contributed by atoms with Gasteiger partial charge >= 0.3 is 12.1 Å². The summed E-state index contributed by atoms with van der Waals surface area (Å²) in [4.78, 5) is 19.9. The molecule has 0 fully saturated rings. The van der Waals surface area contributed by atoms with Gasteiger partial charge in [0, 0.05) is 29.4 Å². The Labute approximate surface area is 149 Å². The molecule has 3 aromatic heterocycles. The molecule has 0 radical (unpaired) electrons. The van der Waals surface area contributed by atoms with Crippen LogP contribution < -0.4 is 5.56 Å². The molecule has 27 heavy (non-hydrogen) atoms. The van der Waals surface area contributed by atoms with Crippen LogP contribution in [0.3, 0.4) is 0 Å². The lowest BCUT2D eigenvalue weighted by Gasteiger charge is -2.07. The monoisotopic (exact) mass is 372 g/mol. The Morgan fingerprint density at radius 1 is 1.11 bits per heavy atom. The summed E-state index contributed by atoms with van der Waals surface area (Å²) in [5, 5.41) is 4.23. The first-order chi connectivity index (χ1) is 12.9. The minimum absolute atomic E-state index is 0.145. The van der Waals surface area contributed by atoms with Gasteiger partial charge in [0.15, 0.2) is 0 Å². The molecule has 0 spiro atoms. The number of alkyl halides is 3. The molecule has 0 aliphatic heterocycles. The SMILES string of the molecule is O=c1cc(-c2noc(C(F)(F)F)n2)ccn1Cc1cnc2ccccc2c1. The van der Waals surface area contributed by atoms with Gasteiger partial charge in [-0.25, -0.2) is 0 Å². The number of benzene rings is 1. The third kappa shape index (κ3) is 3.43. The molecule has 4 rings (SSSR count). The molecule has 0 saturated heterocycles.